The first-order valence-corrected chi connectivity index (χ1v) is 8.15. The molecule has 1 aliphatic heterocycles. The minimum Gasteiger partial charge on any atom is -0.495 e. The van der Waals surface area contributed by atoms with Gasteiger partial charge in [0.2, 0.25) is 5.91 Å². The Morgan fingerprint density at radius 2 is 2.04 bits per heavy atom. The lowest BCUT2D eigenvalue weighted by Crippen LogP contribution is -2.36. The van der Waals surface area contributed by atoms with Gasteiger partial charge in [-0.1, -0.05) is 26.8 Å². The number of rotatable bonds is 5. The third-order valence-corrected chi connectivity index (χ3v) is 3.96. The van der Waals surface area contributed by atoms with Gasteiger partial charge >= 0.3 is 5.97 Å². The van der Waals surface area contributed by atoms with Crippen LogP contribution in [0.4, 0.5) is 5.69 Å². The van der Waals surface area contributed by atoms with Crippen molar-refractivity contribution in [3.8, 4) is 5.75 Å². The Balaban J connectivity index is 1.97. The summed E-state index contributed by atoms with van der Waals surface area (Å²) < 4.78 is 10.2. The number of ether oxygens (including phenoxy) is 2. The molecule has 1 fully saturated rings. The number of hydrogen-bond donors (Lipinski definition) is 2. The fourth-order valence-electron chi connectivity index (χ4n) is 2.49. The maximum atomic E-state index is 12.1. The fraction of sp³-hybridized carbons (Fsp3) is 0.500. The Morgan fingerprint density at radius 3 is 2.60 bits per heavy atom. The Hall–Kier alpha value is -2.57. The van der Waals surface area contributed by atoms with Crippen LogP contribution in [-0.4, -0.2) is 37.5 Å². The summed E-state index contributed by atoms with van der Waals surface area (Å²) >= 11 is 0. The van der Waals surface area contributed by atoms with Gasteiger partial charge in [0.25, 0.3) is 5.91 Å². The smallest absolute Gasteiger partial charge is 0.329 e. The van der Waals surface area contributed by atoms with Gasteiger partial charge < -0.3 is 20.1 Å². The topological polar surface area (TPSA) is 93.7 Å². The van der Waals surface area contributed by atoms with Crippen molar-refractivity contribution in [2.24, 2.45) is 0 Å². The standard InChI is InChI=1S/C18H24N2O5/c1-18(2,3)11-5-7-14(24-4)13(9-11)20-16(22)10-25-17(23)12-6-8-15(21)19-12/h5,7,9,12H,6,8,10H2,1-4H3,(H,19,21)(H,20,22). The predicted octanol–water partition coefficient (Wildman–Crippen LogP) is 1.75. The van der Waals surface area contributed by atoms with Gasteiger partial charge in [-0.3, -0.25) is 9.59 Å². The zero-order valence-electron chi connectivity index (χ0n) is 15.0. The van der Waals surface area contributed by atoms with Crippen LogP contribution in [-0.2, 0) is 24.5 Å². The summed E-state index contributed by atoms with van der Waals surface area (Å²) in [5.74, 6) is -0.732. The molecule has 0 bridgehead atoms. The van der Waals surface area contributed by atoms with E-state index in [1.165, 1.54) is 7.11 Å². The van der Waals surface area contributed by atoms with E-state index >= 15 is 0 Å². The summed E-state index contributed by atoms with van der Waals surface area (Å²) in [6.07, 6.45) is 0.684. The molecule has 1 saturated heterocycles. The van der Waals surface area contributed by atoms with Crippen molar-refractivity contribution in [2.45, 2.75) is 45.1 Å². The van der Waals surface area contributed by atoms with Crippen LogP contribution in [0.5, 0.6) is 5.75 Å². The van der Waals surface area contributed by atoms with E-state index in [-0.39, 0.29) is 11.3 Å². The molecule has 1 aliphatic rings. The minimum absolute atomic E-state index is 0.0844. The molecule has 1 atom stereocenters. The van der Waals surface area contributed by atoms with Crippen molar-refractivity contribution in [3.63, 3.8) is 0 Å². The highest BCUT2D eigenvalue weighted by molar-refractivity contribution is 5.95. The molecule has 2 N–H and O–H groups in total. The molecule has 0 aromatic heterocycles. The first-order valence-electron chi connectivity index (χ1n) is 8.15. The second-order valence-electron chi connectivity index (χ2n) is 6.98. The number of benzene rings is 1. The molecule has 0 saturated carbocycles. The molecule has 2 amide bonds. The molecule has 0 radical (unpaired) electrons. The number of anilines is 1. The number of methoxy groups -OCH3 is 1. The molecule has 25 heavy (non-hydrogen) atoms. The fourth-order valence-corrected chi connectivity index (χ4v) is 2.49. The van der Waals surface area contributed by atoms with E-state index in [1.807, 2.05) is 12.1 Å². The van der Waals surface area contributed by atoms with Crippen molar-refractivity contribution in [3.05, 3.63) is 23.8 Å². The molecule has 1 aromatic rings. The summed E-state index contributed by atoms with van der Waals surface area (Å²) in [5, 5.41) is 5.20. The highest BCUT2D eigenvalue weighted by Gasteiger charge is 2.29. The van der Waals surface area contributed by atoms with Crippen LogP contribution >= 0.6 is 0 Å². The molecular formula is C18H24N2O5. The second-order valence-corrected chi connectivity index (χ2v) is 6.98. The van der Waals surface area contributed by atoms with Crippen LogP contribution in [0, 0.1) is 0 Å². The van der Waals surface area contributed by atoms with Gasteiger partial charge in [0.05, 0.1) is 12.8 Å². The van der Waals surface area contributed by atoms with Gasteiger partial charge in [-0.05, 0) is 29.5 Å². The van der Waals surface area contributed by atoms with Crippen LogP contribution in [0.15, 0.2) is 18.2 Å². The third-order valence-electron chi connectivity index (χ3n) is 3.96. The molecule has 0 aliphatic carbocycles. The summed E-state index contributed by atoms with van der Waals surface area (Å²) in [7, 11) is 1.52. The van der Waals surface area contributed by atoms with Crippen LogP contribution in [0.3, 0.4) is 0 Å². The van der Waals surface area contributed by atoms with Crippen molar-refractivity contribution < 1.29 is 23.9 Å². The van der Waals surface area contributed by atoms with Crippen molar-refractivity contribution >= 4 is 23.5 Å². The average Bonchev–Trinajstić information content (AvgIpc) is 2.98. The molecule has 1 aromatic carbocycles. The Morgan fingerprint density at radius 1 is 1.32 bits per heavy atom. The minimum atomic E-state index is -0.668. The van der Waals surface area contributed by atoms with Gasteiger partial charge in [0.1, 0.15) is 11.8 Å². The lowest BCUT2D eigenvalue weighted by Gasteiger charge is -2.21. The Bertz CT molecular complexity index is 679. The molecule has 2 rings (SSSR count). The van der Waals surface area contributed by atoms with Gasteiger partial charge in [-0.2, -0.15) is 0 Å². The van der Waals surface area contributed by atoms with Crippen molar-refractivity contribution in [2.75, 3.05) is 19.0 Å². The molecule has 136 valence electrons. The molecule has 1 unspecified atom stereocenters. The van der Waals surface area contributed by atoms with Gasteiger partial charge in [0.15, 0.2) is 6.61 Å². The maximum absolute atomic E-state index is 12.1. The van der Waals surface area contributed by atoms with Gasteiger partial charge in [0, 0.05) is 6.42 Å². The number of carbonyl (C=O) groups excluding carboxylic acids is 3. The summed E-state index contributed by atoms with van der Waals surface area (Å²) in [4.78, 5) is 35.0. The molecule has 0 spiro atoms. The maximum Gasteiger partial charge on any atom is 0.329 e. The van der Waals surface area contributed by atoms with E-state index in [0.717, 1.165) is 5.56 Å². The molecular weight excluding hydrogens is 324 g/mol. The van der Waals surface area contributed by atoms with Crippen LogP contribution in [0.25, 0.3) is 0 Å². The lowest BCUT2D eigenvalue weighted by atomic mass is 9.87. The van der Waals surface area contributed by atoms with Crippen LogP contribution in [0.2, 0.25) is 0 Å². The van der Waals surface area contributed by atoms with Crippen molar-refractivity contribution in [1.29, 1.82) is 0 Å². The second kappa shape index (κ2) is 7.55. The largest absolute Gasteiger partial charge is 0.495 e. The summed E-state index contributed by atoms with van der Waals surface area (Å²) in [5.41, 5.74) is 1.47. The number of carbonyl (C=O) groups is 3. The number of hydrogen-bond acceptors (Lipinski definition) is 5. The third kappa shape index (κ3) is 4.95. The SMILES string of the molecule is COc1ccc(C(C)(C)C)cc1NC(=O)COC(=O)C1CCC(=O)N1. The van der Waals surface area contributed by atoms with E-state index in [0.29, 0.717) is 24.3 Å². The first-order chi connectivity index (χ1) is 11.7. The molecule has 7 nitrogen and oxygen atoms in total. The van der Waals surface area contributed by atoms with E-state index in [2.05, 4.69) is 31.4 Å². The summed E-state index contributed by atoms with van der Waals surface area (Å²) in [6.45, 7) is 5.78. The zero-order valence-corrected chi connectivity index (χ0v) is 15.0. The number of amides is 2. The van der Waals surface area contributed by atoms with Crippen LogP contribution in [0.1, 0.15) is 39.2 Å². The van der Waals surface area contributed by atoms with E-state index in [4.69, 9.17) is 9.47 Å². The Kier molecular flexibility index (Phi) is 5.66. The Labute approximate surface area is 147 Å². The van der Waals surface area contributed by atoms with E-state index in [1.54, 1.807) is 6.07 Å². The molecule has 1 heterocycles. The van der Waals surface area contributed by atoms with E-state index < -0.39 is 24.5 Å². The number of esters is 1. The normalized spacial score (nSPS) is 17.0. The predicted molar refractivity (Wildman–Crippen MR) is 92.4 cm³/mol. The first kappa shape index (κ1) is 18.8. The quantitative estimate of drug-likeness (QED) is 0.791. The lowest BCUT2D eigenvalue weighted by molar-refractivity contribution is -0.149. The highest BCUT2D eigenvalue weighted by Crippen LogP contribution is 2.31. The van der Waals surface area contributed by atoms with Gasteiger partial charge in [-0.15, -0.1) is 0 Å². The monoisotopic (exact) mass is 348 g/mol. The average molecular weight is 348 g/mol. The van der Waals surface area contributed by atoms with Crippen LogP contribution < -0.4 is 15.4 Å². The van der Waals surface area contributed by atoms with E-state index in [9.17, 15) is 14.4 Å². The summed E-state index contributed by atoms with van der Waals surface area (Å²) in [6, 6.07) is 4.91. The highest BCUT2D eigenvalue weighted by atomic mass is 16.5. The van der Waals surface area contributed by atoms with Gasteiger partial charge in [-0.25, -0.2) is 4.79 Å². The molecule has 7 heteroatoms. The zero-order chi connectivity index (χ0) is 18.6. The number of nitrogens with one attached hydrogen (secondary N) is 2. The van der Waals surface area contributed by atoms with Crippen molar-refractivity contribution in [1.82, 2.24) is 5.32 Å².